The van der Waals surface area contributed by atoms with E-state index in [9.17, 15) is 4.39 Å². The molecule has 0 saturated carbocycles. The van der Waals surface area contributed by atoms with E-state index in [0.717, 1.165) is 25.2 Å². The first-order chi connectivity index (χ1) is 8.20. The van der Waals surface area contributed by atoms with Gasteiger partial charge in [0.25, 0.3) is 0 Å². The molecule has 94 valence electrons. The summed E-state index contributed by atoms with van der Waals surface area (Å²) in [6, 6.07) is 4.91. The van der Waals surface area contributed by atoms with Gasteiger partial charge >= 0.3 is 0 Å². The maximum absolute atomic E-state index is 13.1. The number of nitrogens with two attached hydrogens (primary N) is 1. The molecule has 1 unspecified atom stereocenters. The minimum atomic E-state index is -0.368. The van der Waals surface area contributed by atoms with Crippen LogP contribution in [0.2, 0.25) is 5.02 Å². The van der Waals surface area contributed by atoms with Crippen LogP contribution in [0.3, 0.4) is 0 Å². The van der Waals surface area contributed by atoms with E-state index in [-0.39, 0.29) is 16.8 Å². The van der Waals surface area contributed by atoms with Crippen LogP contribution in [0.5, 0.6) is 0 Å². The fraction of sp³-hybridized carbons (Fsp3) is 0.538. The molecule has 0 radical (unpaired) electrons. The molecule has 2 N–H and O–H groups in total. The van der Waals surface area contributed by atoms with Crippen molar-refractivity contribution in [3.8, 4) is 0 Å². The van der Waals surface area contributed by atoms with Gasteiger partial charge in [-0.25, -0.2) is 4.39 Å². The summed E-state index contributed by atoms with van der Waals surface area (Å²) in [4.78, 5) is 2.41. The summed E-state index contributed by atoms with van der Waals surface area (Å²) in [7, 11) is 0. The summed E-state index contributed by atoms with van der Waals surface area (Å²) in [5, 5.41) is 0.183. The Balaban J connectivity index is 2.08. The van der Waals surface area contributed by atoms with Crippen molar-refractivity contribution in [1.82, 2.24) is 4.90 Å². The SMILES string of the molecule is NCC(CN1CCCC1)c1ccc(F)c(Cl)c1. The van der Waals surface area contributed by atoms with Crippen LogP contribution in [0.4, 0.5) is 4.39 Å². The van der Waals surface area contributed by atoms with Crippen molar-refractivity contribution < 1.29 is 4.39 Å². The molecule has 0 aliphatic carbocycles. The first-order valence-electron chi connectivity index (χ1n) is 6.08. The molecule has 1 aliphatic rings. The van der Waals surface area contributed by atoms with Gasteiger partial charge in [-0.05, 0) is 43.6 Å². The number of halogens is 2. The summed E-state index contributed by atoms with van der Waals surface area (Å²) in [5.74, 6) is -0.126. The lowest BCUT2D eigenvalue weighted by molar-refractivity contribution is 0.315. The van der Waals surface area contributed by atoms with Gasteiger partial charge in [-0.2, -0.15) is 0 Å². The highest BCUT2D eigenvalue weighted by Crippen LogP contribution is 2.23. The minimum Gasteiger partial charge on any atom is -0.330 e. The lowest BCUT2D eigenvalue weighted by Crippen LogP contribution is -2.29. The van der Waals surface area contributed by atoms with Gasteiger partial charge in [0.2, 0.25) is 0 Å². The van der Waals surface area contributed by atoms with Gasteiger partial charge in [-0.1, -0.05) is 17.7 Å². The Kier molecular flexibility index (Phi) is 4.37. The zero-order valence-electron chi connectivity index (χ0n) is 9.83. The number of nitrogens with zero attached hydrogens (tertiary/aromatic N) is 1. The second-order valence-electron chi connectivity index (χ2n) is 4.61. The van der Waals surface area contributed by atoms with Crippen LogP contribution in [0.1, 0.15) is 24.3 Å². The maximum atomic E-state index is 13.1. The third-order valence-corrected chi connectivity index (χ3v) is 3.67. The Hall–Kier alpha value is -0.640. The van der Waals surface area contributed by atoms with E-state index in [1.807, 2.05) is 0 Å². The Bertz CT molecular complexity index is 378. The molecule has 0 spiro atoms. The first-order valence-corrected chi connectivity index (χ1v) is 6.46. The predicted octanol–water partition coefficient (Wildman–Crippen LogP) is 2.62. The van der Waals surface area contributed by atoms with Gasteiger partial charge in [0, 0.05) is 19.0 Å². The average Bonchev–Trinajstić information content (AvgIpc) is 2.82. The molecule has 0 bridgehead atoms. The summed E-state index contributed by atoms with van der Waals surface area (Å²) < 4.78 is 13.1. The number of hydrogen-bond donors (Lipinski definition) is 1. The largest absolute Gasteiger partial charge is 0.330 e. The molecule has 0 aromatic heterocycles. The van der Waals surface area contributed by atoms with Crippen LogP contribution in [0.25, 0.3) is 0 Å². The van der Waals surface area contributed by atoms with Crippen molar-refractivity contribution >= 4 is 11.6 Å². The lowest BCUT2D eigenvalue weighted by atomic mass is 9.98. The number of rotatable bonds is 4. The van der Waals surface area contributed by atoms with Crippen molar-refractivity contribution in [2.75, 3.05) is 26.2 Å². The molecule has 1 atom stereocenters. The Labute approximate surface area is 107 Å². The number of benzene rings is 1. The van der Waals surface area contributed by atoms with Crippen LogP contribution in [-0.2, 0) is 0 Å². The molecule has 1 aromatic rings. The van der Waals surface area contributed by atoms with E-state index in [4.69, 9.17) is 17.3 Å². The van der Waals surface area contributed by atoms with Crippen molar-refractivity contribution in [3.05, 3.63) is 34.6 Å². The molecule has 0 amide bonds. The predicted molar refractivity (Wildman–Crippen MR) is 68.9 cm³/mol. The highest BCUT2D eigenvalue weighted by Gasteiger charge is 2.18. The molecule has 17 heavy (non-hydrogen) atoms. The fourth-order valence-corrected chi connectivity index (χ4v) is 2.55. The molecule has 1 fully saturated rings. The van der Waals surface area contributed by atoms with Crippen LogP contribution in [0.15, 0.2) is 18.2 Å². The maximum Gasteiger partial charge on any atom is 0.141 e. The Morgan fingerprint density at radius 3 is 2.65 bits per heavy atom. The molecule has 4 heteroatoms. The van der Waals surface area contributed by atoms with Gasteiger partial charge in [-0.3, -0.25) is 0 Å². The zero-order chi connectivity index (χ0) is 12.3. The van der Waals surface area contributed by atoms with Gasteiger partial charge in [0.1, 0.15) is 5.82 Å². The lowest BCUT2D eigenvalue weighted by Gasteiger charge is -2.22. The van der Waals surface area contributed by atoms with Gasteiger partial charge in [0.05, 0.1) is 5.02 Å². The molecule has 1 heterocycles. The number of likely N-dealkylation sites (tertiary alicyclic amines) is 1. The Morgan fingerprint density at radius 1 is 1.35 bits per heavy atom. The van der Waals surface area contributed by atoms with Gasteiger partial charge in [-0.15, -0.1) is 0 Å². The summed E-state index contributed by atoms with van der Waals surface area (Å²) in [6.45, 7) is 3.80. The topological polar surface area (TPSA) is 29.3 Å². The van der Waals surface area contributed by atoms with Crippen LogP contribution < -0.4 is 5.73 Å². The average molecular weight is 257 g/mol. The van der Waals surface area contributed by atoms with Crippen LogP contribution >= 0.6 is 11.6 Å². The summed E-state index contributed by atoms with van der Waals surface area (Å²) >= 11 is 5.80. The molecule has 1 aromatic carbocycles. The van der Waals surface area contributed by atoms with Gasteiger partial charge in [0.15, 0.2) is 0 Å². The van der Waals surface area contributed by atoms with Crippen molar-refractivity contribution in [2.45, 2.75) is 18.8 Å². The third-order valence-electron chi connectivity index (χ3n) is 3.38. The van der Waals surface area contributed by atoms with Crippen molar-refractivity contribution in [3.63, 3.8) is 0 Å². The van der Waals surface area contributed by atoms with E-state index in [0.29, 0.717) is 6.54 Å². The highest BCUT2D eigenvalue weighted by molar-refractivity contribution is 6.30. The minimum absolute atomic E-state index is 0.183. The van der Waals surface area contributed by atoms with E-state index >= 15 is 0 Å². The fourth-order valence-electron chi connectivity index (χ4n) is 2.36. The summed E-state index contributed by atoms with van der Waals surface area (Å²) in [5.41, 5.74) is 6.84. The van der Waals surface area contributed by atoms with Crippen LogP contribution in [0, 0.1) is 5.82 Å². The van der Waals surface area contributed by atoms with Crippen molar-refractivity contribution in [2.24, 2.45) is 5.73 Å². The second-order valence-corrected chi connectivity index (χ2v) is 5.02. The second kappa shape index (κ2) is 5.80. The van der Waals surface area contributed by atoms with Gasteiger partial charge < -0.3 is 10.6 Å². The first kappa shape index (κ1) is 12.8. The normalized spacial score (nSPS) is 18.5. The monoisotopic (exact) mass is 256 g/mol. The Morgan fingerprint density at radius 2 is 2.06 bits per heavy atom. The highest BCUT2D eigenvalue weighted by atomic mass is 35.5. The molecule has 1 saturated heterocycles. The molecule has 2 rings (SSSR count). The van der Waals surface area contributed by atoms with E-state index in [2.05, 4.69) is 4.90 Å². The van der Waals surface area contributed by atoms with E-state index < -0.39 is 0 Å². The third kappa shape index (κ3) is 3.18. The smallest absolute Gasteiger partial charge is 0.141 e. The molecule has 1 aliphatic heterocycles. The van der Waals surface area contributed by atoms with Crippen LogP contribution in [-0.4, -0.2) is 31.1 Å². The van der Waals surface area contributed by atoms with E-state index in [1.165, 1.54) is 18.9 Å². The molecule has 2 nitrogen and oxygen atoms in total. The quantitative estimate of drug-likeness (QED) is 0.897. The molecular formula is C13H18ClFN2. The summed E-state index contributed by atoms with van der Waals surface area (Å²) in [6.07, 6.45) is 2.53. The zero-order valence-corrected chi connectivity index (χ0v) is 10.6. The standard InChI is InChI=1S/C13H18ClFN2/c14-12-7-10(3-4-13(12)15)11(8-16)9-17-5-1-2-6-17/h3-4,7,11H,1-2,5-6,8-9,16H2. The molecular weight excluding hydrogens is 239 g/mol. The number of hydrogen-bond acceptors (Lipinski definition) is 2. The van der Waals surface area contributed by atoms with Crippen molar-refractivity contribution in [1.29, 1.82) is 0 Å². The van der Waals surface area contributed by atoms with E-state index in [1.54, 1.807) is 12.1 Å².